The Balaban J connectivity index is 1.80. The first-order valence-electron chi connectivity index (χ1n) is 8.30. The fourth-order valence-corrected chi connectivity index (χ4v) is 4.89. The van der Waals surface area contributed by atoms with Gasteiger partial charge in [-0.1, -0.05) is 11.8 Å². The second-order valence-corrected chi connectivity index (χ2v) is 8.41. The second-order valence-electron chi connectivity index (χ2n) is 6.26. The molecular formula is C17H20N4O3S2. The Labute approximate surface area is 160 Å². The Morgan fingerprint density at radius 2 is 2.35 bits per heavy atom. The second kappa shape index (κ2) is 8.15. The minimum Gasteiger partial charge on any atom is -0.338 e. The standard InChI is InChI=1S/C17H20N4O3S2/c1-11-10-25-17(19-11)26-15-4-3-13(7-14(15)21(23)24)16(22)20-6-5-12(9-20)8-18-2/h3-4,7,10,12,18H,5-6,8-9H2,1-2H3. The van der Waals surface area contributed by atoms with Gasteiger partial charge in [0.1, 0.15) is 0 Å². The van der Waals surface area contributed by atoms with Gasteiger partial charge in [0.05, 0.1) is 9.82 Å². The molecule has 0 bridgehead atoms. The van der Waals surface area contributed by atoms with E-state index in [4.69, 9.17) is 0 Å². The molecule has 1 aliphatic heterocycles. The van der Waals surface area contributed by atoms with Crippen molar-refractivity contribution in [2.24, 2.45) is 5.92 Å². The molecule has 1 fully saturated rings. The van der Waals surface area contributed by atoms with Crippen LogP contribution in [0, 0.1) is 23.0 Å². The quantitative estimate of drug-likeness (QED) is 0.600. The number of benzene rings is 1. The van der Waals surface area contributed by atoms with E-state index in [-0.39, 0.29) is 11.6 Å². The molecule has 0 aliphatic carbocycles. The molecule has 0 saturated carbocycles. The lowest BCUT2D eigenvalue weighted by Gasteiger charge is -2.17. The molecule has 0 spiro atoms. The molecule has 7 nitrogen and oxygen atoms in total. The molecule has 1 saturated heterocycles. The van der Waals surface area contributed by atoms with Crippen LogP contribution in [0.15, 0.2) is 32.8 Å². The molecule has 3 rings (SSSR count). The van der Waals surface area contributed by atoms with Crippen LogP contribution in [0.1, 0.15) is 22.5 Å². The van der Waals surface area contributed by atoms with E-state index < -0.39 is 4.92 Å². The number of amides is 1. The molecule has 9 heteroatoms. The Kier molecular flexibility index (Phi) is 5.90. The topological polar surface area (TPSA) is 88.4 Å². The van der Waals surface area contributed by atoms with Crippen molar-refractivity contribution in [3.63, 3.8) is 0 Å². The molecule has 1 unspecified atom stereocenters. The monoisotopic (exact) mass is 392 g/mol. The third-order valence-corrected chi connectivity index (χ3v) is 6.39. The van der Waals surface area contributed by atoms with Gasteiger partial charge in [-0.2, -0.15) is 0 Å². The highest BCUT2D eigenvalue weighted by Gasteiger charge is 2.28. The predicted molar refractivity (Wildman–Crippen MR) is 102 cm³/mol. The van der Waals surface area contributed by atoms with Crippen LogP contribution in [-0.2, 0) is 0 Å². The maximum Gasteiger partial charge on any atom is 0.284 e. The van der Waals surface area contributed by atoms with Crippen molar-refractivity contribution in [3.8, 4) is 0 Å². The minimum absolute atomic E-state index is 0.0559. The number of nitro benzene ring substituents is 1. The number of nitrogens with one attached hydrogen (secondary N) is 1. The van der Waals surface area contributed by atoms with Crippen molar-refractivity contribution < 1.29 is 9.72 Å². The third-order valence-electron chi connectivity index (χ3n) is 4.26. The fourth-order valence-electron chi connectivity index (χ4n) is 3.01. The van der Waals surface area contributed by atoms with Gasteiger partial charge in [-0.05, 0) is 45.0 Å². The maximum atomic E-state index is 12.7. The average Bonchev–Trinajstić information content (AvgIpc) is 3.24. The summed E-state index contributed by atoms with van der Waals surface area (Å²) in [6.07, 6.45) is 0.950. The molecule has 2 heterocycles. The van der Waals surface area contributed by atoms with E-state index in [0.717, 1.165) is 23.0 Å². The van der Waals surface area contributed by atoms with Gasteiger partial charge in [-0.3, -0.25) is 14.9 Å². The molecule has 138 valence electrons. The SMILES string of the molecule is CNCC1CCN(C(=O)c2ccc(Sc3nc(C)cs3)c([N+](=O)[O-])c2)C1. The highest BCUT2D eigenvalue weighted by molar-refractivity contribution is 8.01. The highest BCUT2D eigenvalue weighted by Crippen LogP contribution is 2.37. The molecule has 1 atom stereocenters. The van der Waals surface area contributed by atoms with E-state index in [1.54, 1.807) is 17.0 Å². The van der Waals surface area contributed by atoms with Crippen LogP contribution >= 0.6 is 23.1 Å². The number of likely N-dealkylation sites (tertiary alicyclic amines) is 1. The van der Waals surface area contributed by atoms with Crippen molar-refractivity contribution in [1.82, 2.24) is 15.2 Å². The average molecular weight is 393 g/mol. The molecule has 1 N–H and O–H groups in total. The summed E-state index contributed by atoms with van der Waals surface area (Å²) in [7, 11) is 1.90. The first-order chi connectivity index (χ1) is 12.5. The Morgan fingerprint density at radius 1 is 1.54 bits per heavy atom. The van der Waals surface area contributed by atoms with Crippen LogP contribution in [0.25, 0.3) is 0 Å². The summed E-state index contributed by atoms with van der Waals surface area (Å²) in [6, 6.07) is 4.70. The van der Waals surface area contributed by atoms with Crippen LogP contribution in [0.4, 0.5) is 5.69 Å². The van der Waals surface area contributed by atoms with E-state index in [9.17, 15) is 14.9 Å². The zero-order chi connectivity index (χ0) is 18.7. The number of nitrogens with zero attached hydrogens (tertiary/aromatic N) is 3. The van der Waals surface area contributed by atoms with E-state index in [0.29, 0.717) is 29.5 Å². The summed E-state index contributed by atoms with van der Waals surface area (Å²) in [4.78, 5) is 30.4. The summed E-state index contributed by atoms with van der Waals surface area (Å²) in [5, 5.41) is 16.5. The lowest BCUT2D eigenvalue weighted by molar-refractivity contribution is -0.387. The molecule has 0 radical (unpaired) electrons. The number of carbonyl (C=O) groups is 1. The van der Waals surface area contributed by atoms with Crippen molar-refractivity contribution in [2.75, 3.05) is 26.7 Å². The Bertz CT molecular complexity index is 824. The first-order valence-corrected chi connectivity index (χ1v) is 10.00. The molecule has 1 aromatic heterocycles. The molecule has 1 amide bonds. The molecule has 1 aliphatic rings. The van der Waals surface area contributed by atoms with Gasteiger partial charge in [-0.25, -0.2) is 4.98 Å². The van der Waals surface area contributed by atoms with Gasteiger partial charge in [0.15, 0.2) is 4.34 Å². The van der Waals surface area contributed by atoms with Crippen LogP contribution in [-0.4, -0.2) is 47.4 Å². The normalized spacial score (nSPS) is 16.8. The number of hydrogen-bond donors (Lipinski definition) is 1. The summed E-state index contributed by atoms with van der Waals surface area (Å²) in [5.41, 5.74) is 1.19. The number of aromatic nitrogens is 1. The number of rotatable bonds is 6. The molecule has 2 aromatic rings. The lowest BCUT2D eigenvalue weighted by Crippen LogP contribution is -2.30. The van der Waals surface area contributed by atoms with E-state index in [2.05, 4.69) is 10.3 Å². The molecular weight excluding hydrogens is 372 g/mol. The van der Waals surface area contributed by atoms with Crippen LogP contribution in [0.5, 0.6) is 0 Å². The molecule has 1 aromatic carbocycles. The fraction of sp³-hybridized carbons (Fsp3) is 0.412. The zero-order valence-electron chi connectivity index (χ0n) is 14.6. The van der Waals surface area contributed by atoms with E-state index in [1.807, 2.05) is 19.4 Å². The summed E-state index contributed by atoms with van der Waals surface area (Å²) >= 11 is 2.70. The van der Waals surface area contributed by atoms with Gasteiger partial charge in [-0.15, -0.1) is 11.3 Å². The van der Waals surface area contributed by atoms with E-state index in [1.165, 1.54) is 29.2 Å². The van der Waals surface area contributed by atoms with Gasteiger partial charge in [0.2, 0.25) is 0 Å². The number of aryl methyl sites for hydroxylation is 1. The maximum absolute atomic E-state index is 12.7. The van der Waals surface area contributed by atoms with Gasteiger partial charge >= 0.3 is 0 Å². The third kappa shape index (κ3) is 4.22. The Morgan fingerprint density at radius 3 is 3.00 bits per heavy atom. The van der Waals surface area contributed by atoms with Crippen LogP contribution in [0.2, 0.25) is 0 Å². The van der Waals surface area contributed by atoms with Gasteiger partial charge < -0.3 is 10.2 Å². The summed E-state index contributed by atoms with van der Waals surface area (Å²) in [6.45, 7) is 4.12. The number of hydrogen-bond acceptors (Lipinski definition) is 7. The molecule has 26 heavy (non-hydrogen) atoms. The predicted octanol–water partition coefficient (Wildman–Crippen LogP) is 3.19. The van der Waals surface area contributed by atoms with Crippen LogP contribution < -0.4 is 5.32 Å². The number of thiazole rings is 1. The summed E-state index contributed by atoms with van der Waals surface area (Å²) in [5.74, 6) is 0.287. The zero-order valence-corrected chi connectivity index (χ0v) is 16.2. The highest BCUT2D eigenvalue weighted by atomic mass is 32.2. The largest absolute Gasteiger partial charge is 0.338 e. The number of carbonyl (C=O) groups excluding carboxylic acids is 1. The minimum atomic E-state index is -0.437. The van der Waals surface area contributed by atoms with E-state index >= 15 is 0 Å². The van der Waals surface area contributed by atoms with Crippen molar-refractivity contribution in [1.29, 1.82) is 0 Å². The first kappa shape index (κ1) is 18.8. The van der Waals surface area contributed by atoms with Crippen LogP contribution in [0.3, 0.4) is 0 Å². The number of nitro groups is 1. The lowest BCUT2D eigenvalue weighted by atomic mass is 10.1. The van der Waals surface area contributed by atoms with Crippen molar-refractivity contribution >= 4 is 34.7 Å². The smallest absolute Gasteiger partial charge is 0.284 e. The summed E-state index contributed by atoms with van der Waals surface area (Å²) < 4.78 is 0.749. The van der Waals surface area contributed by atoms with Crippen molar-refractivity contribution in [3.05, 3.63) is 45.0 Å². The van der Waals surface area contributed by atoms with Gasteiger partial charge in [0, 0.05) is 35.8 Å². The Hall–Kier alpha value is -1.97. The van der Waals surface area contributed by atoms with Crippen molar-refractivity contribution in [2.45, 2.75) is 22.6 Å². The van der Waals surface area contributed by atoms with Gasteiger partial charge in [0.25, 0.3) is 11.6 Å².